The summed E-state index contributed by atoms with van der Waals surface area (Å²) < 4.78 is 61.0. The molecule has 0 saturated heterocycles. The molecule has 3 aliphatic carbocycles. The van der Waals surface area contributed by atoms with Gasteiger partial charge in [0.1, 0.15) is 23.6 Å². The predicted octanol–water partition coefficient (Wildman–Crippen LogP) is 13.7. The predicted molar refractivity (Wildman–Crippen MR) is 368 cm³/mol. The third-order valence-electron chi connectivity index (χ3n) is 16.5. The van der Waals surface area contributed by atoms with Crippen LogP contribution in [0, 0.1) is 19.7 Å². The molecule has 6 aromatic carbocycles. The first-order valence-corrected chi connectivity index (χ1v) is 30.9. The van der Waals surface area contributed by atoms with Crippen molar-refractivity contribution in [1.82, 2.24) is 30.9 Å². The van der Waals surface area contributed by atoms with Crippen molar-refractivity contribution in [2.45, 2.75) is 66.6 Å². The zero-order valence-electron chi connectivity index (χ0n) is 55.6. The number of aromatic nitrogens is 3. The number of hydrogen-bond donors (Lipinski definition) is 6. The molecule has 0 aliphatic heterocycles. The number of amides is 3. The number of allylic oxidation sites excluding steroid dienone is 5. The minimum atomic E-state index is -0.358. The molecule has 98 heavy (non-hydrogen) atoms. The number of rotatable bonds is 21. The normalized spacial score (nSPS) is 13.8. The Hall–Kier alpha value is -12.1. The average molecular weight is 1330 g/mol. The van der Waals surface area contributed by atoms with Crippen molar-refractivity contribution in [2.75, 3.05) is 42.7 Å². The lowest BCUT2D eigenvalue weighted by Crippen LogP contribution is -2.22. The van der Waals surface area contributed by atoms with Crippen LogP contribution in [0.5, 0.6) is 51.7 Å². The number of phenols is 3. The number of hydrogen-bond acceptors (Lipinski definition) is 18. The van der Waals surface area contributed by atoms with Crippen LogP contribution in [-0.2, 0) is 34.0 Å². The zero-order valence-corrected chi connectivity index (χ0v) is 55.6. The number of fused-ring (bicyclic) bond motifs is 3. The second-order valence-electron chi connectivity index (χ2n) is 22.9. The number of carbonyl (C=O) groups excluding carboxylic acids is 3. The molecule has 0 bridgehead atoms. The molecule has 12 rings (SSSR count). The molecule has 3 heterocycles. The molecule has 6 N–H and O–H groups in total. The summed E-state index contributed by atoms with van der Waals surface area (Å²) >= 11 is 0. The molecular formula is C76H73FN6O15. The van der Waals surface area contributed by atoms with E-state index in [0.717, 1.165) is 94.7 Å². The number of nitrogens with one attached hydrogen (secondary N) is 3. The molecule has 0 spiro atoms. The van der Waals surface area contributed by atoms with Gasteiger partial charge < -0.3 is 72.9 Å². The van der Waals surface area contributed by atoms with Gasteiger partial charge in [0.15, 0.2) is 47.3 Å². The van der Waals surface area contributed by atoms with Crippen molar-refractivity contribution >= 4 is 69.9 Å². The summed E-state index contributed by atoms with van der Waals surface area (Å²) in [5, 5.41) is 39.2. The van der Waals surface area contributed by atoms with E-state index in [1.807, 2.05) is 45.9 Å². The fraction of sp³-hybridized carbons (Fsp3) is 0.211. The summed E-state index contributed by atoms with van der Waals surface area (Å²) in [6.07, 6.45) is 17.0. The fourth-order valence-corrected chi connectivity index (χ4v) is 11.6. The molecular weight excluding hydrogens is 1260 g/mol. The van der Waals surface area contributed by atoms with Gasteiger partial charge in [-0.1, -0.05) is 53.6 Å². The number of methoxy groups -OCH3 is 6. The second-order valence-corrected chi connectivity index (χ2v) is 22.9. The highest BCUT2D eigenvalue weighted by Gasteiger charge is 2.29. The van der Waals surface area contributed by atoms with Gasteiger partial charge in [-0.3, -0.25) is 14.4 Å². The van der Waals surface area contributed by atoms with Crippen LogP contribution >= 0.6 is 0 Å². The molecule has 3 amide bonds. The number of ether oxygens (including phenoxy) is 6. The van der Waals surface area contributed by atoms with E-state index in [4.69, 9.17) is 41.7 Å². The van der Waals surface area contributed by atoms with E-state index in [0.29, 0.717) is 58.1 Å². The van der Waals surface area contributed by atoms with Crippen molar-refractivity contribution < 1.29 is 75.8 Å². The molecule has 3 aromatic heterocycles. The Balaban J connectivity index is 0.000000159. The van der Waals surface area contributed by atoms with E-state index in [9.17, 15) is 34.1 Å². The van der Waals surface area contributed by atoms with Gasteiger partial charge in [-0.25, -0.2) is 19.3 Å². The van der Waals surface area contributed by atoms with E-state index in [-0.39, 0.29) is 84.6 Å². The first kappa shape index (κ1) is 68.8. The number of nitrogens with zero attached hydrogens (tertiary/aromatic N) is 3. The maximum Gasteiger partial charge on any atom is 0.224 e. The molecule has 22 heteroatoms. The highest BCUT2D eigenvalue weighted by Crippen LogP contribution is 2.48. The average Bonchev–Trinajstić information content (AvgIpc) is 1.62. The van der Waals surface area contributed by atoms with E-state index < -0.39 is 0 Å². The number of halogens is 1. The van der Waals surface area contributed by atoms with Crippen LogP contribution < -0.4 is 44.4 Å². The third-order valence-corrected chi connectivity index (χ3v) is 16.5. The van der Waals surface area contributed by atoms with Gasteiger partial charge in [-0.15, -0.1) is 0 Å². The topological polar surface area (TPSA) is 281 Å². The van der Waals surface area contributed by atoms with Crippen molar-refractivity contribution in [2.24, 2.45) is 0 Å². The van der Waals surface area contributed by atoms with Crippen molar-refractivity contribution in [3.63, 3.8) is 0 Å². The Labute approximate surface area is 564 Å². The van der Waals surface area contributed by atoms with Crippen molar-refractivity contribution in [3.05, 3.63) is 230 Å². The lowest BCUT2D eigenvalue weighted by atomic mass is 9.97. The lowest BCUT2D eigenvalue weighted by molar-refractivity contribution is -0.121. The Morgan fingerprint density at radius 1 is 0.480 bits per heavy atom. The second kappa shape index (κ2) is 31.0. The fourth-order valence-electron chi connectivity index (χ4n) is 11.6. The van der Waals surface area contributed by atoms with Crippen molar-refractivity contribution in [1.29, 1.82) is 0 Å². The molecule has 504 valence electrons. The van der Waals surface area contributed by atoms with Crippen molar-refractivity contribution in [3.8, 4) is 51.7 Å². The molecule has 0 fully saturated rings. The third kappa shape index (κ3) is 15.8. The maximum absolute atomic E-state index is 13.8. The van der Waals surface area contributed by atoms with E-state index in [1.165, 1.54) is 80.0 Å². The van der Waals surface area contributed by atoms with Crippen LogP contribution in [0.1, 0.15) is 112 Å². The summed E-state index contributed by atoms with van der Waals surface area (Å²) in [6.45, 7) is 8.87. The summed E-state index contributed by atoms with van der Waals surface area (Å²) in [5.74, 6) is 2.48. The van der Waals surface area contributed by atoms with Gasteiger partial charge in [-0.05, 0) is 195 Å². The largest absolute Gasteiger partial charge is 0.502 e. The lowest BCUT2D eigenvalue weighted by Gasteiger charge is -2.12. The SMILES string of the molecule is COc1cc(/C=C2/C(C)=C(CC(=O)NCc3cnco3)c3cc(C)ccc32)cc(OC)c1O.COc1cc(/C=C2/C(C)=C(CC(=O)NCc3ncco3)c3cc(C)ccc32)cc(OC)c1O.COc1cc(/C=C2/C(CC(=O)NCc3cnco3)=Cc3cc(F)ccc32)cc(OC)c1O. The molecule has 0 atom stereocenters. The Kier molecular flexibility index (Phi) is 21.8. The first-order chi connectivity index (χ1) is 47.3. The van der Waals surface area contributed by atoms with Gasteiger partial charge in [0, 0.05) is 0 Å². The van der Waals surface area contributed by atoms with Crippen LogP contribution in [0.2, 0.25) is 0 Å². The van der Waals surface area contributed by atoms with Crippen LogP contribution in [0.25, 0.3) is 52.2 Å². The van der Waals surface area contributed by atoms with E-state index >= 15 is 0 Å². The molecule has 21 nitrogen and oxygen atoms in total. The van der Waals surface area contributed by atoms with Gasteiger partial charge in [0.05, 0.1) is 100 Å². The number of benzene rings is 6. The molecule has 0 saturated carbocycles. The van der Waals surface area contributed by atoms with Gasteiger partial charge in [0.2, 0.25) is 40.9 Å². The van der Waals surface area contributed by atoms with Gasteiger partial charge in [-0.2, -0.15) is 0 Å². The first-order valence-electron chi connectivity index (χ1n) is 30.9. The molecule has 3 aliphatic rings. The standard InChI is InChI=1S/2C26H26N2O5.C24H21FN2O5/c1-15-5-6-19-20(8-17-9-23(31-3)26(30)24(10-17)32-4)16(2)21(22(19)7-15)11-25(29)28-13-18-12-27-14-33-18;1-15-5-6-18-19(10-17-11-22(31-3)26(30)23(12-17)32-4)16(2)20(21(18)9-15)13-24(29)28-14-25-27-7-8-33-25;1-30-21-6-14(7-22(31-2)24(21)29)5-20-16(8-15-9-17(25)3-4-19(15)20)10-23(28)27-12-18-11-26-13-32-18/h5-10,12,14,30H,11,13H2,1-4H3,(H,28,29);5-12,30H,13-14H2,1-4H3,(H,28,29);3-9,11,13,29H,10,12H2,1-2H3,(H,27,28)/b20-8-;19-10-;20-5-. The minimum Gasteiger partial charge on any atom is -0.502 e. The molecule has 0 radical (unpaired) electrons. The Morgan fingerprint density at radius 2 is 0.878 bits per heavy atom. The van der Waals surface area contributed by atoms with Crippen LogP contribution in [-0.4, -0.2) is 90.7 Å². The molecule has 0 unspecified atom stereocenters. The number of aromatic hydroxyl groups is 3. The summed E-state index contributed by atoms with van der Waals surface area (Å²) in [7, 11) is 8.89. The van der Waals surface area contributed by atoms with E-state index in [2.05, 4.69) is 67.3 Å². The van der Waals surface area contributed by atoms with Crippen LogP contribution in [0.4, 0.5) is 4.39 Å². The van der Waals surface area contributed by atoms with Crippen LogP contribution in [0.15, 0.2) is 159 Å². The van der Waals surface area contributed by atoms with Gasteiger partial charge in [0.25, 0.3) is 0 Å². The molecule has 9 aromatic rings. The highest BCUT2D eigenvalue weighted by atomic mass is 19.1. The summed E-state index contributed by atoms with van der Waals surface area (Å²) in [5.41, 5.74) is 17.8. The number of aryl methyl sites for hydroxylation is 2. The smallest absolute Gasteiger partial charge is 0.224 e. The van der Waals surface area contributed by atoms with E-state index in [1.54, 1.807) is 60.9 Å². The Morgan fingerprint density at radius 3 is 1.27 bits per heavy atom. The summed E-state index contributed by atoms with van der Waals surface area (Å²) in [4.78, 5) is 49.7. The number of oxazole rings is 3. The monoisotopic (exact) mass is 1330 g/mol. The minimum absolute atomic E-state index is 0.0408. The maximum atomic E-state index is 13.8. The zero-order chi connectivity index (χ0) is 69.7. The van der Waals surface area contributed by atoms with Gasteiger partial charge >= 0.3 is 0 Å². The summed E-state index contributed by atoms with van der Waals surface area (Å²) in [6, 6.07) is 27.3. The number of phenolic OH excluding ortho intramolecular Hbond substituents is 3. The quantitative estimate of drug-likeness (QED) is 0.0390. The highest BCUT2D eigenvalue weighted by molar-refractivity contribution is 6.10. The number of carbonyl (C=O) groups is 3. The van der Waals surface area contributed by atoms with Crippen LogP contribution in [0.3, 0.4) is 0 Å². The Bertz CT molecular complexity index is 4380.